The van der Waals surface area contributed by atoms with E-state index >= 15 is 0 Å². The van der Waals surface area contributed by atoms with Gasteiger partial charge in [-0.05, 0) is 30.4 Å². The first-order chi connectivity index (χ1) is 6.88. The molecule has 1 aromatic rings. The highest BCUT2D eigenvalue weighted by Gasteiger charge is 2.13. The van der Waals surface area contributed by atoms with Crippen LogP contribution in [0.4, 0.5) is 0 Å². The van der Waals surface area contributed by atoms with Crippen LogP contribution in [0.5, 0.6) is 0 Å². The van der Waals surface area contributed by atoms with E-state index in [-0.39, 0.29) is 6.61 Å². The fourth-order valence-corrected chi connectivity index (χ4v) is 1.92. The Morgan fingerprint density at radius 3 is 2.86 bits per heavy atom. The lowest BCUT2D eigenvalue weighted by molar-refractivity contribution is 0.0613. The van der Waals surface area contributed by atoms with Crippen molar-refractivity contribution in [3.63, 3.8) is 0 Å². The van der Waals surface area contributed by atoms with Gasteiger partial charge in [0, 0.05) is 32.2 Å². The van der Waals surface area contributed by atoms with Crippen molar-refractivity contribution in [3.8, 4) is 0 Å². The summed E-state index contributed by atoms with van der Waals surface area (Å²) >= 11 is 0. The van der Waals surface area contributed by atoms with Crippen molar-refractivity contribution < 1.29 is 9.84 Å². The van der Waals surface area contributed by atoms with E-state index in [9.17, 15) is 0 Å². The van der Waals surface area contributed by atoms with Gasteiger partial charge < -0.3 is 14.4 Å². The number of aromatic nitrogens is 1. The summed E-state index contributed by atoms with van der Waals surface area (Å²) in [6, 6.07) is 1.97. The maximum atomic E-state index is 8.92. The van der Waals surface area contributed by atoms with Crippen molar-refractivity contribution in [2.45, 2.75) is 26.0 Å². The molecule has 3 heteroatoms. The number of hydrogen-bond donors (Lipinski definition) is 1. The third kappa shape index (κ3) is 2.36. The van der Waals surface area contributed by atoms with Crippen LogP contribution in [-0.2, 0) is 17.9 Å². The normalized spacial score (nSPS) is 18.6. The molecule has 1 fully saturated rings. The second-order valence-corrected chi connectivity index (χ2v) is 3.93. The molecule has 1 N–H and O–H groups in total. The second-order valence-electron chi connectivity index (χ2n) is 3.93. The van der Waals surface area contributed by atoms with Crippen molar-refractivity contribution in [3.05, 3.63) is 24.0 Å². The molecule has 0 amide bonds. The van der Waals surface area contributed by atoms with E-state index in [2.05, 4.69) is 4.57 Å². The van der Waals surface area contributed by atoms with Crippen LogP contribution in [0.2, 0.25) is 0 Å². The highest BCUT2D eigenvalue weighted by atomic mass is 16.5. The maximum absolute atomic E-state index is 8.92. The molecule has 1 saturated heterocycles. The minimum Gasteiger partial charge on any atom is -0.392 e. The molecule has 0 bridgehead atoms. The minimum atomic E-state index is 0.140. The largest absolute Gasteiger partial charge is 0.392 e. The summed E-state index contributed by atoms with van der Waals surface area (Å²) in [7, 11) is 0. The number of nitrogens with zero attached hydrogens (tertiary/aromatic N) is 1. The molecule has 0 aromatic carbocycles. The zero-order chi connectivity index (χ0) is 9.80. The van der Waals surface area contributed by atoms with E-state index in [1.165, 1.54) is 0 Å². The van der Waals surface area contributed by atoms with Crippen LogP contribution < -0.4 is 0 Å². The SMILES string of the molecule is OCc1ccn(CC2CCOCC2)c1. The molecule has 1 aliphatic rings. The predicted molar refractivity (Wildman–Crippen MR) is 53.9 cm³/mol. The molecule has 3 nitrogen and oxygen atoms in total. The van der Waals surface area contributed by atoms with E-state index in [4.69, 9.17) is 9.84 Å². The maximum Gasteiger partial charge on any atom is 0.0696 e. The molecule has 78 valence electrons. The van der Waals surface area contributed by atoms with Gasteiger partial charge in [0.25, 0.3) is 0 Å². The van der Waals surface area contributed by atoms with Crippen LogP contribution in [-0.4, -0.2) is 22.9 Å². The fourth-order valence-electron chi connectivity index (χ4n) is 1.92. The topological polar surface area (TPSA) is 34.4 Å². The lowest BCUT2D eigenvalue weighted by Crippen LogP contribution is -2.19. The first-order valence-electron chi connectivity index (χ1n) is 5.22. The van der Waals surface area contributed by atoms with Gasteiger partial charge in [-0.1, -0.05) is 0 Å². The van der Waals surface area contributed by atoms with Crippen LogP contribution in [0.3, 0.4) is 0 Å². The number of aliphatic hydroxyl groups is 1. The van der Waals surface area contributed by atoms with Gasteiger partial charge in [0.05, 0.1) is 6.61 Å². The third-order valence-corrected chi connectivity index (χ3v) is 2.80. The zero-order valence-corrected chi connectivity index (χ0v) is 8.35. The van der Waals surface area contributed by atoms with Crippen LogP contribution in [0.1, 0.15) is 18.4 Å². The third-order valence-electron chi connectivity index (χ3n) is 2.80. The molecule has 0 aliphatic carbocycles. The van der Waals surface area contributed by atoms with Gasteiger partial charge in [-0.15, -0.1) is 0 Å². The summed E-state index contributed by atoms with van der Waals surface area (Å²) in [5.74, 6) is 0.739. The fraction of sp³-hybridized carbons (Fsp3) is 0.636. The molecular formula is C11H17NO2. The van der Waals surface area contributed by atoms with E-state index in [1.807, 2.05) is 18.5 Å². The van der Waals surface area contributed by atoms with Gasteiger partial charge in [0.15, 0.2) is 0 Å². The second kappa shape index (κ2) is 4.62. The molecule has 0 atom stereocenters. The number of rotatable bonds is 3. The molecule has 14 heavy (non-hydrogen) atoms. The summed E-state index contributed by atoms with van der Waals surface area (Å²) in [5, 5.41) is 8.92. The highest BCUT2D eigenvalue weighted by molar-refractivity contribution is 5.08. The zero-order valence-electron chi connectivity index (χ0n) is 8.35. The standard InChI is InChI=1S/C11H17NO2/c13-9-11-1-4-12(8-11)7-10-2-5-14-6-3-10/h1,4,8,10,13H,2-3,5-7,9H2. The minimum absolute atomic E-state index is 0.140. The Morgan fingerprint density at radius 2 is 2.21 bits per heavy atom. The number of ether oxygens (including phenoxy) is 1. The van der Waals surface area contributed by atoms with Crippen LogP contribution in [0, 0.1) is 5.92 Å². The van der Waals surface area contributed by atoms with E-state index < -0.39 is 0 Å². The summed E-state index contributed by atoms with van der Waals surface area (Å²) in [6.45, 7) is 3.00. The Balaban J connectivity index is 1.89. The number of hydrogen-bond acceptors (Lipinski definition) is 2. The average Bonchev–Trinajstić information content (AvgIpc) is 2.67. The average molecular weight is 195 g/mol. The first kappa shape index (κ1) is 9.74. The summed E-state index contributed by atoms with van der Waals surface area (Å²) in [4.78, 5) is 0. The molecule has 1 aromatic heterocycles. The van der Waals surface area contributed by atoms with Gasteiger partial charge in [0.1, 0.15) is 0 Å². The Morgan fingerprint density at radius 1 is 1.43 bits per heavy atom. The monoisotopic (exact) mass is 195 g/mol. The Bertz CT molecular complexity index is 277. The first-order valence-corrected chi connectivity index (χ1v) is 5.22. The predicted octanol–water partition coefficient (Wildman–Crippen LogP) is 1.41. The van der Waals surface area contributed by atoms with Gasteiger partial charge in [-0.3, -0.25) is 0 Å². The molecule has 0 saturated carbocycles. The molecule has 0 unspecified atom stereocenters. The van der Waals surface area contributed by atoms with Crippen LogP contribution in [0.15, 0.2) is 18.5 Å². The summed E-state index contributed by atoms with van der Waals surface area (Å²) in [5.41, 5.74) is 0.997. The molecule has 2 rings (SSSR count). The lowest BCUT2D eigenvalue weighted by atomic mass is 10.0. The van der Waals surface area contributed by atoms with E-state index in [0.29, 0.717) is 0 Å². The molecule has 0 spiro atoms. The van der Waals surface area contributed by atoms with Crippen LogP contribution >= 0.6 is 0 Å². The van der Waals surface area contributed by atoms with Crippen molar-refractivity contribution in [1.82, 2.24) is 4.57 Å². The highest BCUT2D eigenvalue weighted by Crippen LogP contribution is 2.17. The molecule has 0 radical (unpaired) electrons. The molecular weight excluding hydrogens is 178 g/mol. The Kier molecular flexibility index (Phi) is 3.22. The smallest absolute Gasteiger partial charge is 0.0696 e. The van der Waals surface area contributed by atoms with Gasteiger partial charge in [-0.2, -0.15) is 0 Å². The molecule has 1 aliphatic heterocycles. The van der Waals surface area contributed by atoms with Crippen LogP contribution in [0.25, 0.3) is 0 Å². The summed E-state index contributed by atoms with van der Waals surface area (Å²) in [6.07, 6.45) is 6.38. The Labute approximate surface area is 84.3 Å². The van der Waals surface area contributed by atoms with Crippen molar-refractivity contribution >= 4 is 0 Å². The van der Waals surface area contributed by atoms with E-state index in [1.54, 1.807) is 0 Å². The van der Waals surface area contributed by atoms with Gasteiger partial charge in [-0.25, -0.2) is 0 Å². The van der Waals surface area contributed by atoms with Crippen molar-refractivity contribution in [2.75, 3.05) is 13.2 Å². The lowest BCUT2D eigenvalue weighted by Gasteiger charge is -2.22. The Hall–Kier alpha value is -0.800. The van der Waals surface area contributed by atoms with Crippen molar-refractivity contribution in [2.24, 2.45) is 5.92 Å². The van der Waals surface area contributed by atoms with Gasteiger partial charge >= 0.3 is 0 Å². The van der Waals surface area contributed by atoms with Gasteiger partial charge in [0.2, 0.25) is 0 Å². The summed E-state index contributed by atoms with van der Waals surface area (Å²) < 4.78 is 7.48. The van der Waals surface area contributed by atoms with Crippen molar-refractivity contribution in [1.29, 1.82) is 0 Å². The quantitative estimate of drug-likeness (QED) is 0.791. The number of aliphatic hydroxyl groups excluding tert-OH is 1. The molecule has 2 heterocycles. The van der Waals surface area contributed by atoms with E-state index in [0.717, 1.165) is 44.1 Å².